The van der Waals surface area contributed by atoms with Crippen molar-refractivity contribution in [2.75, 3.05) is 6.61 Å². The number of hydrogen-bond donors (Lipinski definition) is 1. The molecule has 2 saturated carbocycles. The van der Waals surface area contributed by atoms with Crippen LogP contribution >= 0.6 is 0 Å². The number of ether oxygens (including phenoxy) is 1. The van der Waals surface area contributed by atoms with Crippen LogP contribution in [0.25, 0.3) is 0 Å². The average molecular weight is 398 g/mol. The molecule has 4 unspecified atom stereocenters. The predicted octanol–water partition coefficient (Wildman–Crippen LogP) is 3.32. The van der Waals surface area contributed by atoms with Crippen LogP contribution in [0.5, 0.6) is 0 Å². The van der Waals surface area contributed by atoms with Crippen molar-refractivity contribution in [3.63, 3.8) is 0 Å². The van der Waals surface area contributed by atoms with Gasteiger partial charge in [-0.2, -0.15) is 0 Å². The van der Waals surface area contributed by atoms with Crippen molar-refractivity contribution in [2.24, 2.45) is 28.6 Å². The van der Waals surface area contributed by atoms with Crippen LogP contribution in [-0.4, -0.2) is 34.9 Å². The first-order chi connectivity index (χ1) is 13.5. The molecule has 29 heavy (non-hydrogen) atoms. The van der Waals surface area contributed by atoms with E-state index >= 15 is 0 Å². The number of carbonyl (C=O) groups excluding carboxylic acids is 3. The Morgan fingerprint density at radius 2 is 2.03 bits per heavy atom. The summed E-state index contributed by atoms with van der Waals surface area (Å²) < 4.78 is 4.95. The zero-order valence-corrected chi connectivity index (χ0v) is 17.7. The average Bonchev–Trinajstić information content (AvgIpc) is 2.88. The second kappa shape index (κ2) is 6.49. The Morgan fingerprint density at radius 3 is 2.72 bits per heavy atom. The minimum atomic E-state index is -1.51. The van der Waals surface area contributed by atoms with Gasteiger partial charge in [0.15, 0.2) is 12.4 Å². The first kappa shape index (κ1) is 20.3. The molecular weight excluding hydrogens is 368 g/mol. The van der Waals surface area contributed by atoms with Crippen LogP contribution in [0, 0.1) is 28.6 Å². The van der Waals surface area contributed by atoms with Gasteiger partial charge in [-0.05, 0) is 62.5 Å². The van der Waals surface area contributed by atoms with Gasteiger partial charge in [0, 0.05) is 17.8 Å². The van der Waals surface area contributed by atoms with E-state index in [0.29, 0.717) is 6.42 Å². The summed E-state index contributed by atoms with van der Waals surface area (Å²) >= 11 is 0. The molecule has 4 rings (SSSR count). The summed E-state index contributed by atoms with van der Waals surface area (Å²) in [7, 11) is 0. The highest BCUT2D eigenvalue weighted by atomic mass is 16.5. The molecule has 0 aliphatic heterocycles. The SMILES string of the molecule is CC(=O)OCC(=O)[C@@]1(O)[C@H](C)CC2C3CCC4=CC(=O)C=CC4(C)C3=CCC21C. The highest BCUT2D eigenvalue weighted by Gasteiger charge is 2.67. The third-order valence-electron chi connectivity index (χ3n) is 8.36. The number of Topliss-reactive ketones (excluding diaryl/α,β-unsaturated/α-hetero) is 1. The number of fused-ring (bicyclic) bond motifs is 5. The molecule has 0 heterocycles. The molecule has 156 valence electrons. The molecular formula is C24H30O5. The molecule has 2 fully saturated rings. The van der Waals surface area contributed by atoms with Gasteiger partial charge in [-0.3, -0.25) is 14.4 Å². The Kier molecular flexibility index (Phi) is 4.54. The number of esters is 1. The fourth-order valence-electron chi connectivity index (χ4n) is 6.74. The monoisotopic (exact) mass is 398 g/mol. The Hall–Kier alpha value is -2.01. The topological polar surface area (TPSA) is 80.7 Å². The lowest BCUT2D eigenvalue weighted by Gasteiger charge is -2.53. The Labute approximate surface area is 171 Å². The highest BCUT2D eigenvalue weighted by Crippen LogP contribution is 2.66. The Morgan fingerprint density at radius 1 is 1.31 bits per heavy atom. The molecule has 6 atom stereocenters. The second-order valence-electron chi connectivity index (χ2n) is 9.75. The van der Waals surface area contributed by atoms with E-state index in [1.165, 1.54) is 18.1 Å². The Bertz CT molecular complexity index is 880. The zero-order chi connectivity index (χ0) is 21.2. The minimum Gasteiger partial charge on any atom is -0.458 e. The second-order valence-corrected chi connectivity index (χ2v) is 9.75. The summed E-state index contributed by atoms with van der Waals surface area (Å²) in [6.45, 7) is 7.03. The molecule has 0 aromatic carbocycles. The molecule has 0 amide bonds. The van der Waals surface area contributed by atoms with Crippen LogP contribution in [0.15, 0.2) is 35.5 Å². The van der Waals surface area contributed by atoms with Gasteiger partial charge in [0.25, 0.3) is 0 Å². The van der Waals surface area contributed by atoms with Gasteiger partial charge in [-0.1, -0.05) is 37.1 Å². The first-order valence-electron chi connectivity index (χ1n) is 10.6. The summed E-state index contributed by atoms with van der Waals surface area (Å²) in [5, 5.41) is 11.7. The van der Waals surface area contributed by atoms with E-state index in [-0.39, 0.29) is 35.6 Å². The molecule has 5 nitrogen and oxygen atoms in total. The van der Waals surface area contributed by atoms with Crippen LogP contribution in [-0.2, 0) is 19.1 Å². The summed E-state index contributed by atoms with van der Waals surface area (Å²) in [6.07, 6.45) is 10.8. The summed E-state index contributed by atoms with van der Waals surface area (Å²) in [6, 6.07) is 0. The minimum absolute atomic E-state index is 0.0529. The van der Waals surface area contributed by atoms with E-state index in [2.05, 4.69) is 13.0 Å². The fourth-order valence-corrected chi connectivity index (χ4v) is 6.74. The summed E-state index contributed by atoms with van der Waals surface area (Å²) in [5.41, 5.74) is 0.145. The standard InChI is InChI=1S/C24H30O5/c1-14-11-20-18-6-5-16-12-17(26)7-9-22(16,3)19(18)8-10-23(20,4)24(14,28)21(27)13-29-15(2)25/h7-9,12,14,18,20,28H,5-6,10-11,13H2,1-4H3/t14-,18?,20?,22?,23?,24+/m1/s1. The lowest BCUT2D eigenvalue weighted by Crippen LogP contribution is -2.57. The number of allylic oxidation sites excluding steroid dienone is 6. The maximum Gasteiger partial charge on any atom is 0.303 e. The molecule has 0 saturated heterocycles. The Balaban J connectivity index is 1.71. The smallest absolute Gasteiger partial charge is 0.303 e. The van der Waals surface area contributed by atoms with E-state index in [1.54, 1.807) is 12.2 Å². The lowest BCUT2D eigenvalue weighted by molar-refractivity contribution is -0.167. The normalized spacial score (nSPS) is 42.9. The van der Waals surface area contributed by atoms with Crippen LogP contribution in [0.1, 0.15) is 53.4 Å². The highest BCUT2D eigenvalue weighted by molar-refractivity contribution is 6.01. The molecule has 0 radical (unpaired) electrons. The van der Waals surface area contributed by atoms with Crippen molar-refractivity contribution in [1.29, 1.82) is 0 Å². The largest absolute Gasteiger partial charge is 0.458 e. The maximum absolute atomic E-state index is 13.0. The molecule has 5 heteroatoms. The van der Waals surface area contributed by atoms with E-state index in [4.69, 9.17) is 4.74 Å². The fraction of sp³-hybridized carbons (Fsp3) is 0.625. The quantitative estimate of drug-likeness (QED) is 0.583. The lowest BCUT2D eigenvalue weighted by atomic mass is 9.51. The number of hydrogen-bond acceptors (Lipinski definition) is 5. The van der Waals surface area contributed by atoms with E-state index < -0.39 is 22.8 Å². The van der Waals surface area contributed by atoms with Crippen molar-refractivity contribution in [3.05, 3.63) is 35.5 Å². The van der Waals surface area contributed by atoms with Crippen LogP contribution in [0.3, 0.4) is 0 Å². The number of rotatable bonds is 3. The third kappa shape index (κ3) is 2.66. The first-order valence-corrected chi connectivity index (χ1v) is 10.6. The van der Waals surface area contributed by atoms with Gasteiger partial charge in [0.1, 0.15) is 5.60 Å². The van der Waals surface area contributed by atoms with Crippen molar-refractivity contribution >= 4 is 17.5 Å². The number of carbonyl (C=O) groups is 3. The van der Waals surface area contributed by atoms with Crippen LogP contribution in [0.2, 0.25) is 0 Å². The van der Waals surface area contributed by atoms with Crippen LogP contribution in [0.4, 0.5) is 0 Å². The van der Waals surface area contributed by atoms with Gasteiger partial charge in [0.2, 0.25) is 5.78 Å². The van der Waals surface area contributed by atoms with Crippen molar-refractivity contribution in [1.82, 2.24) is 0 Å². The van der Waals surface area contributed by atoms with Crippen LogP contribution < -0.4 is 0 Å². The van der Waals surface area contributed by atoms with Gasteiger partial charge in [-0.25, -0.2) is 0 Å². The molecule has 0 bridgehead atoms. The van der Waals surface area contributed by atoms with E-state index in [1.807, 2.05) is 19.9 Å². The molecule has 1 N–H and O–H groups in total. The van der Waals surface area contributed by atoms with E-state index in [9.17, 15) is 19.5 Å². The van der Waals surface area contributed by atoms with Gasteiger partial charge >= 0.3 is 5.97 Å². The third-order valence-corrected chi connectivity index (χ3v) is 8.36. The molecule has 0 aromatic rings. The number of aliphatic hydroxyl groups is 1. The van der Waals surface area contributed by atoms with Gasteiger partial charge in [0.05, 0.1) is 0 Å². The molecule has 4 aliphatic carbocycles. The van der Waals surface area contributed by atoms with Crippen molar-refractivity contribution in [3.8, 4) is 0 Å². The van der Waals surface area contributed by atoms with Gasteiger partial charge in [-0.15, -0.1) is 0 Å². The molecule has 4 aliphatic rings. The van der Waals surface area contributed by atoms with Crippen molar-refractivity contribution in [2.45, 2.75) is 59.0 Å². The van der Waals surface area contributed by atoms with Crippen molar-refractivity contribution < 1.29 is 24.2 Å². The molecule has 0 aromatic heterocycles. The summed E-state index contributed by atoms with van der Waals surface area (Å²) in [5.74, 6) is -0.621. The maximum atomic E-state index is 13.0. The molecule has 0 spiro atoms. The van der Waals surface area contributed by atoms with Gasteiger partial charge < -0.3 is 9.84 Å². The van der Waals surface area contributed by atoms with E-state index in [0.717, 1.165) is 19.3 Å². The zero-order valence-electron chi connectivity index (χ0n) is 17.7. The number of ketones is 2. The summed E-state index contributed by atoms with van der Waals surface area (Å²) in [4.78, 5) is 36.1. The predicted molar refractivity (Wildman–Crippen MR) is 108 cm³/mol.